The number of ether oxygens (including phenoxy) is 1. The van der Waals surface area contributed by atoms with Crippen molar-refractivity contribution >= 4 is 33.5 Å². The van der Waals surface area contributed by atoms with Crippen molar-refractivity contribution in [3.8, 4) is 0 Å². The molecule has 106 valence electrons. The third kappa shape index (κ3) is 4.79. The normalized spacial score (nSPS) is 13.9. The SMILES string of the molecule is CCC(C)C(NCc1ccc(Cl)cc1Br)C(=O)OC. The Balaban J connectivity index is 2.73. The van der Waals surface area contributed by atoms with Gasteiger partial charge in [-0.3, -0.25) is 4.79 Å². The minimum absolute atomic E-state index is 0.221. The van der Waals surface area contributed by atoms with Crippen LogP contribution in [0.15, 0.2) is 22.7 Å². The van der Waals surface area contributed by atoms with Gasteiger partial charge in [0.05, 0.1) is 7.11 Å². The van der Waals surface area contributed by atoms with Gasteiger partial charge in [-0.2, -0.15) is 0 Å². The van der Waals surface area contributed by atoms with E-state index in [1.165, 1.54) is 7.11 Å². The molecule has 0 fully saturated rings. The lowest BCUT2D eigenvalue weighted by molar-refractivity contribution is -0.144. The summed E-state index contributed by atoms with van der Waals surface area (Å²) in [4.78, 5) is 11.8. The van der Waals surface area contributed by atoms with Crippen molar-refractivity contribution < 1.29 is 9.53 Å². The summed E-state index contributed by atoms with van der Waals surface area (Å²) in [7, 11) is 1.41. The van der Waals surface area contributed by atoms with Gasteiger partial charge >= 0.3 is 5.97 Å². The molecule has 0 amide bonds. The third-order valence-corrected chi connectivity index (χ3v) is 4.17. The van der Waals surface area contributed by atoms with Crippen LogP contribution in [0.5, 0.6) is 0 Å². The topological polar surface area (TPSA) is 38.3 Å². The zero-order valence-electron chi connectivity index (χ0n) is 11.4. The Labute approximate surface area is 127 Å². The van der Waals surface area contributed by atoms with Crippen LogP contribution < -0.4 is 5.32 Å². The highest BCUT2D eigenvalue weighted by Crippen LogP contribution is 2.22. The smallest absolute Gasteiger partial charge is 0.323 e. The number of benzene rings is 1. The molecule has 0 radical (unpaired) electrons. The number of hydrogen-bond donors (Lipinski definition) is 1. The van der Waals surface area contributed by atoms with Crippen molar-refractivity contribution in [2.24, 2.45) is 5.92 Å². The minimum atomic E-state index is -0.294. The lowest BCUT2D eigenvalue weighted by Crippen LogP contribution is -2.42. The first-order valence-corrected chi connectivity index (χ1v) is 7.41. The summed E-state index contributed by atoms with van der Waals surface area (Å²) >= 11 is 9.37. The summed E-state index contributed by atoms with van der Waals surface area (Å²) in [5.41, 5.74) is 1.06. The Kier molecular flexibility index (Phi) is 6.83. The van der Waals surface area contributed by atoms with E-state index in [0.29, 0.717) is 11.6 Å². The van der Waals surface area contributed by atoms with Gasteiger partial charge in [0.15, 0.2) is 0 Å². The second kappa shape index (κ2) is 7.88. The highest BCUT2D eigenvalue weighted by atomic mass is 79.9. The van der Waals surface area contributed by atoms with Gasteiger partial charge in [-0.1, -0.05) is 53.9 Å². The number of rotatable bonds is 6. The summed E-state index contributed by atoms with van der Waals surface area (Å²) < 4.78 is 5.77. The molecule has 5 heteroatoms. The molecular formula is C14H19BrClNO2. The highest BCUT2D eigenvalue weighted by molar-refractivity contribution is 9.10. The fourth-order valence-corrected chi connectivity index (χ4v) is 2.59. The summed E-state index contributed by atoms with van der Waals surface area (Å²) in [6.45, 7) is 4.67. The number of methoxy groups -OCH3 is 1. The maximum absolute atomic E-state index is 11.8. The van der Waals surface area contributed by atoms with Gasteiger partial charge in [0.25, 0.3) is 0 Å². The predicted molar refractivity (Wildman–Crippen MR) is 81.3 cm³/mol. The fourth-order valence-electron chi connectivity index (χ4n) is 1.76. The number of carbonyl (C=O) groups is 1. The molecule has 0 heterocycles. The maximum atomic E-state index is 11.8. The van der Waals surface area contributed by atoms with Crippen LogP contribution in [0.3, 0.4) is 0 Å². The number of esters is 1. The maximum Gasteiger partial charge on any atom is 0.323 e. The molecule has 1 N–H and O–H groups in total. The number of halogens is 2. The molecule has 0 aliphatic rings. The zero-order valence-corrected chi connectivity index (χ0v) is 13.7. The Morgan fingerprint density at radius 1 is 1.53 bits per heavy atom. The van der Waals surface area contributed by atoms with Crippen LogP contribution in [-0.4, -0.2) is 19.1 Å². The van der Waals surface area contributed by atoms with Crippen LogP contribution in [0, 0.1) is 5.92 Å². The zero-order chi connectivity index (χ0) is 14.4. The molecule has 2 unspecified atom stereocenters. The quantitative estimate of drug-likeness (QED) is 0.795. The van der Waals surface area contributed by atoms with Crippen molar-refractivity contribution in [3.63, 3.8) is 0 Å². The van der Waals surface area contributed by atoms with Crippen LogP contribution >= 0.6 is 27.5 Å². The van der Waals surface area contributed by atoms with Crippen LogP contribution in [0.25, 0.3) is 0 Å². The molecule has 19 heavy (non-hydrogen) atoms. The molecule has 3 nitrogen and oxygen atoms in total. The second-order valence-electron chi connectivity index (χ2n) is 4.50. The molecule has 0 bridgehead atoms. The summed E-state index contributed by atoms with van der Waals surface area (Å²) in [5, 5.41) is 3.93. The van der Waals surface area contributed by atoms with E-state index in [-0.39, 0.29) is 17.9 Å². The van der Waals surface area contributed by atoms with E-state index in [0.717, 1.165) is 16.5 Å². The molecule has 0 saturated heterocycles. The van der Waals surface area contributed by atoms with Gasteiger partial charge < -0.3 is 10.1 Å². The molecule has 1 aromatic carbocycles. The molecule has 0 saturated carbocycles. The van der Waals surface area contributed by atoms with Crippen molar-refractivity contribution in [3.05, 3.63) is 33.3 Å². The monoisotopic (exact) mass is 347 g/mol. The predicted octanol–water partition coefficient (Wildman–Crippen LogP) is 3.78. The van der Waals surface area contributed by atoms with Crippen molar-refractivity contribution in [1.29, 1.82) is 0 Å². The fraction of sp³-hybridized carbons (Fsp3) is 0.500. The van der Waals surface area contributed by atoms with Gasteiger partial charge in [-0.15, -0.1) is 0 Å². The van der Waals surface area contributed by atoms with Gasteiger partial charge in [-0.25, -0.2) is 0 Å². The lowest BCUT2D eigenvalue weighted by atomic mass is 9.99. The first kappa shape index (κ1) is 16.5. The van der Waals surface area contributed by atoms with E-state index in [4.69, 9.17) is 16.3 Å². The Hall–Kier alpha value is -0.580. The van der Waals surface area contributed by atoms with E-state index in [9.17, 15) is 4.79 Å². The first-order valence-electron chi connectivity index (χ1n) is 6.24. The largest absolute Gasteiger partial charge is 0.468 e. The van der Waals surface area contributed by atoms with Gasteiger partial charge in [0, 0.05) is 16.0 Å². The summed E-state index contributed by atoms with van der Waals surface area (Å²) in [6, 6.07) is 5.32. The average Bonchev–Trinajstić information content (AvgIpc) is 2.40. The third-order valence-electron chi connectivity index (χ3n) is 3.20. The van der Waals surface area contributed by atoms with Gasteiger partial charge in [0.1, 0.15) is 6.04 Å². The van der Waals surface area contributed by atoms with E-state index >= 15 is 0 Å². The lowest BCUT2D eigenvalue weighted by Gasteiger charge is -2.22. The van der Waals surface area contributed by atoms with Crippen molar-refractivity contribution in [2.45, 2.75) is 32.9 Å². The summed E-state index contributed by atoms with van der Waals surface area (Å²) in [5.74, 6) is -0.00189. The Morgan fingerprint density at radius 3 is 2.74 bits per heavy atom. The second-order valence-corrected chi connectivity index (χ2v) is 5.79. The first-order chi connectivity index (χ1) is 8.99. The molecule has 1 aromatic rings. The molecule has 0 aliphatic carbocycles. The molecular weight excluding hydrogens is 330 g/mol. The van der Waals surface area contributed by atoms with Crippen LogP contribution in [0.2, 0.25) is 5.02 Å². The standard InChI is InChI=1S/C14H19BrClNO2/c1-4-9(2)13(14(18)19-3)17-8-10-5-6-11(16)7-12(10)15/h5-7,9,13,17H,4,8H2,1-3H3. The van der Waals surface area contributed by atoms with Crippen molar-refractivity contribution in [1.82, 2.24) is 5.32 Å². The highest BCUT2D eigenvalue weighted by Gasteiger charge is 2.24. The Bertz CT molecular complexity index is 439. The molecule has 0 aliphatic heterocycles. The van der Waals surface area contributed by atoms with Crippen LogP contribution in [0.4, 0.5) is 0 Å². The Morgan fingerprint density at radius 2 is 2.21 bits per heavy atom. The van der Waals surface area contributed by atoms with Gasteiger partial charge in [-0.05, 0) is 23.6 Å². The van der Waals surface area contributed by atoms with Crippen LogP contribution in [-0.2, 0) is 16.1 Å². The molecule has 1 rings (SSSR count). The van der Waals surface area contributed by atoms with E-state index in [1.807, 2.05) is 25.1 Å². The van der Waals surface area contributed by atoms with E-state index in [2.05, 4.69) is 28.2 Å². The number of nitrogens with one attached hydrogen (secondary N) is 1. The number of hydrogen-bond acceptors (Lipinski definition) is 3. The molecule has 0 aromatic heterocycles. The van der Waals surface area contributed by atoms with E-state index in [1.54, 1.807) is 0 Å². The van der Waals surface area contributed by atoms with Gasteiger partial charge in [0.2, 0.25) is 0 Å². The van der Waals surface area contributed by atoms with E-state index < -0.39 is 0 Å². The van der Waals surface area contributed by atoms with Crippen molar-refractivity contribution in [2.75, 3.05) is 7.11 Å². The molecule has 0 spiro atoms. The number of carbonyl (C=O) groups excluding carboxylic acids is 1. The minimum Gasteiger partial charge on any atom is -0.468 e. The summed E-state index contributed by atoms with van der Waals surface area (Å²) in [6.07, 6.45) is 0.911. The average molecular weight is 349 g/mol. The van der Waals surface area contributed by atoms with Crippen LogP contribution in [0.1, 0.15) is 25.8 Å². The molecule has 2 atom stereocenters.